The average Bonchev–Trinajstić information content (AvgIpc) is 3.84. The highest BCUT2D eigenvalue weighted by molar-refractivity contribution is 6.18. The van der Waals surface area contributed by atoms with Crippen molar-refractivity contribution in [3.05, 3.63) is 146 Å². The van der Waals surface area contributed by atoms with Gasteiger partial charge in [-0.2, -0.15) is 0 Å². The van der Waals surface area contributed by atoms with Gasteiger partial charge >= 0.3 is 0 Å². The SMILES string of the molecule is c1ccc2c(c1)oc1cc3c4ccccc4n(-c4ccc(-n5c6ccccc6c6cc7oc8ccccc8c7cc65)cc4)c3cc12. The molecule has 0 aliphatic rings. The van der Waals surface area contributed by atoms with Crippen LogP contribution in [0.3, 0.4) is 0 Å². The van der Waals surface area contributed by atoms with E-state index in [0.717, 1.165) is 55.3 Å². The third kappa shape index (κ3) is 3.12. The average molecular weight is 589 g/mol. The van der Waals surface area contributed by atoms with E-state index in [0.29, 0.717) is 0 Å². The van der Waals surface area contributed by atoms with Crippen LogP contribution in [0, 0.1) is 0 Å². The van der Waals surface area contributed by atoms with Gasteiger partial charge in [0.15, 0.2) is 0 Å². The Hall–Kier alpha value is -6.26. The highest BCUT2D eigenvalue weighted by Crippen LogP contribution is 2.40. The largest absolute Gasteiger partial charge is 0.456 e. The van der Waals surface area contributed by atoms with Gasteiger partial charge in [-0.25, -0.2) is 0 Å². The van der Waals surface area contributed by atoms with Crippen LogP contribution < -0.4 is 0 Å². The van der Waals surface area contributed by atoms with Crippen molar-refractivity contribution in [1.82, 2.24) is 9.13 Å². The van der Waals surface area contributed by atoms with Crippen molar-refractivity contribution in [2.45, 2.75) is 0 Å². The molecule has 46 heavy (non-hydrogen) atoms. The van der Waals surface area contributed by atoms with Gasteiger partial charge < -0.3 is 18.0 Å². The van der Waals surface area contributed by atoms with Crippen LogP contribution in [0.5, 0.6) is 0 Å². The maximum Gasteiger partial charge on any atom is 0.136 e. The molecule has 4 heteroatoms. The quantitative estimate of drug-likeness (QED) is 0.201. The molecule has 214 valence electrons. The van der Waals surface area contributed by atoms with E-state index in [2.05, 4.69) is 130 Å². The number of rotatable bonds is 2. The van der Waals surface area contributed by atoms with E-state index in [1.165, 1.54) is 43.6 Å². The summed E-state index contributed by atoms with van der Waals surface area (Å²) in [6.07, 6.45) is 0. The van der Waals surface area contributed by atoms with Gasteiger partial charge in [0.05, 0.1) is 22.1 Å². The summed E-state index contributed by atoms with van der Waals surface area (Å²) in [6.45, 7) is 0. The number of nitrogens with zero attached hydrogens (tertiary/aromatic N) is 2. The summed E-state index contributed by atoms with van der Waals surface area (Å²) >= 11 is 0. The molecule has 4 heterocycles. The molecule has 0 spiro atoms. The van der Waals surface area contributed by atoms with E-state index in [1.807, 2.05) is 24.3 Å². The Kier molecular flexibility index (Phi) is 4.55. The molecular weight excluding hydrogens is 564 g/mol. The van der Waals surface area contributed by atoms with Crippen molar-refractivity contribution in [1.29, 1.82) is 0 Å². The van der Waals surface area contributed by atoms with E-state index in [-0.39, 0.29) is 0 Å². The molecule has 0 N–H and O–H groups in total. The van der Waals surface area contributed by atoms with Gasteiger partial charge in [-0.3, -0.25) is 0 Å². The Morgan fingerprint density at radius 1 is 0.283 bits per heavy atom. The van der Waals surface area contributed by atoms with Crippen molar-refractivity contribution in [3.8, 4) is 11.4 Å². The summed E-state index contributed by atoms with van der Waals surface area (Å²) in [6, 6.07) is 51.8. The molecule has 0 aliphatic carbocycles. The number of aromatic nitrogens is 2. The second-order valence-corrected chi connectivity index (χ2v) is 12.1. The van der Waals surface area contributed by atoms with Crippen LogP contribution >= 0.6 is 0 Å². The van der Waals surface area contributed by atoms with Crippen LogP contribution in [-0.4, -0.2) is 9.13 Å². The van der Waals surface area contributed by atoms with Crippen molar-refractivity contribution in [3.63, 3.8) is 0 Å². The molecule has 0 aliphatic heterocycles. The zero-order valence-corrected chi connectivity index (χ0v) is 24.6. The molecule has 0 fully saturated rings. The zero-order valence-electron chi connectivity index (χ0n) is 24.6. The summed E-state index contributed by atoms with van der Waals surface area (Å²) in [5, 5.41) is 9.33. The van der Waals surface area contributed by atoms with E-state index in [9.17, 15) is 0 Å². The Labute approximate surface area is 261 Å². The van der Waals surface area contributed by atoms with E-state index < -0.39 is 0 Å². The normalized spacial score (nSPS) is 12.3. The minimum absolute atomic E-state index is 0.914. The second-order valence-electron chi connectivity index (χ2n) is 12.1. The lowest BCUT2D eigenvalue weighted by Gasteiger charge is -2.12. The molecule has 0 saturated heterocycles. The van der Waals surface area contributed by atoms with Gasteiger partial charge in [-0.1, -0.05) is 72.8 Å². The number of fused-ring (bicyclic) bond motifs is 12. The maximum absolute atomic E-state index is 6.28. The molecule has 0 saturated carbocycles. The smallest absolute Gasteiger partial charge is 0.136 e. The first kappa shape index (κ1) is 24.1. The summed E-state index contributed by atoms with van der Waals surface area (Å²) in [7, 11) is 0. The van der Waals surface area contributed by atoms with Crippen LogP contribution in [-0.2, 0) is 0 Å². The summed E-state index contributed by atoms with van der Waals surface area (Å²) in [5.74, 6) is 0. The lowest BCUT2D eigenvalue weighted by Crippen LogP contribution is -1.97. The minimum atomic E-state index is 0.914. The van der Waals surface area contributed by atoms with Crippen LogP contribution in [0.2, 0.25) is 0 Å². The van der Waals surface area contributed by atoms with Crippen molar-refractivity contribution >= 4 is 87.5 Å². The molecule has 11 aromatic rings. The van der Waals surface area contributed by atoms with Crippen LogP contribution in [0.1, 0.15) is 0 Å². The molecule has 0 bridgehead atoms. The fraction of sp³-hybridized carbons (Fsp3) is 0. The Balaban J connectivity index is 1.15. The number of hydrogen-bond acceptors (Lipinski definition) is 2. The lowest BCUT2D eigenvalue weighted by atomic mass is 10.1. The lowest BCUT2D eigenvalue weighted by molar-refractivity contribution is 0.669. The predicted molar refractivity (Wildman–Crippen MR) is 190 cm³/mol. The van der Waals surface area contributed by atoms with E-state index in [4.69, 9.17) is 8.83 Å². The first-order valence-electron chi connectivity index (χ1n) is 15.6. The van der Waals surface area contributed by atoms with Gasteiger partial charge in [0.1, 0.15) is 22.3 Å². The van der Waals surface area contributed by atoms with Crippen molar-refractivity contribution in [2.24, 2.45) is 0 Å². The molecule has 0 unspecified atom stereocenters. The van der Waals surface area contributed by atoms with Crippen molar-refractivity contribution in [2.75, 3.05) is 0 Å². The monoisotopic (exact) mass is 588 g/mol. The Bertz CT molecular complexity index is 2810. The predicted octanol–water partition coefficient (Wildman–Crippen LogP) is 11.7. The molecule has 4 nitrogen and oxygen atoms in total. The third-order valence-electron chi connectivity index (χ3n) is 9.71. The molecule has 0 amide bonds. The number of furan rings is 2. The Morgan fingerprint density at radius 2 is 0.674 bits per heavy atom. The summed E-state index contributed by atoms with van der Waals surface area (Å²) in [4.78, 5) is 0. The highest BCUT2D eigenvalue weighted by Gasteiger charge is 2.18. The van der Waals surface area contributed by atoms with Gasteiger partial charge in [0.25, 0.3) is 0 Å². The fourth-order valence-corrected chi connectivity index (χ4v) is 7.68. The summed E-state index contributed by atoms with van der Waals surface area (Å²) in [5.41, 5.74) is 10.6. The standard InChI is InChI=1S/C42H24N2O2/c1-5-13-35-27(9-1)31-23-41-33(29-11-3-7-15-39(29)45-41)21-37(31)43(35)25-17-19-26(20-18-25)44-36-14-6-2-10-28(36)32-24-42-34(22-38(32)44)30-12-4-8-16-40(30)46-42/h1-24H. The third-order valence-corrected chi connectivity index (χ3v) is 9.71. The van der Waals surface area contributed by atoms with E-state index in [1.54, 1.807) is 0 Å². The number of hydrogen-bond donors (Lipinski definition) is 0. The van der Waals surface area contributed by atoms with Gasteiger partial charge in [-0.05, 0) is 72.8 Å². The fourth-order valence-electron chi connectivity index (χ4n) is 7.68. The zero-order chi connectivity index (χ0) is 29.9. The van der Waals surface area contributed by atoms with E-state index >= 15 is 0 Å². The molecule has 7 aromatic carbocycles. The first-order valence-corrected chi connectivity index (χ1v) is 15.6. The molecule has 0 radical (unpaired) electrons. The highest BCUT2D eigenvalue weighted by atomic mass is 16.3. The molecule has 11 rings (SSSR count). The van der Waals surface area contributed by atoms with Gasteiger partial charge in [-0.15, -0.1) is 0 Å². The van der Waals surface area contributed by atoms with Gasteiger partial charge in [0.2, 0.25) is 0 Å². The van der Waals surface area contributed by atoms with Gasteiger partial charge in [0, 0.05) is 54.5 Å². The second kappa shape index (κ2) is 8.68. The topological polar surface area (TPSA) is 36.1 Å². The number of benzene rings is 7. The molecule has 0 atom stereocenters. The molecule has 4 aromatic heterocycles. The Morgan fingerprint density at radius 3 is 1.13 bits per heavy atom. The maximum atomic E-state index is 6.28. The minimum Gasteiger partial charge on any atom is -0.456 e. The van der Waals surface area contributed by atoms with Crippen LogP contribution in [0.25, 0.3) is 98.9 Å². The van der Waals surface area contributed by atoms with Crippen LogP contribution in [0.15, 0.2) is 154 Å². The summed E-state index contributed by atoms with van der Waals surface area (Å²) < 4.78 is 17.3. The number of para-hydroxylation sites is 4. The first-order chi connectivity index (χ1) is 22.8. The molecular formula is C42H24N2O2. The van der Waals surface area contributed by atoms with Crippen LogP contribution in [0.4, 0.5) is 0 Å². The van der Waals surface area contributed by atoms with Crippen molar-refractivity contribution < 1.29 is 8.83 Å².